The molecular formula is C85H166O17P2. The van der Waals surface area contributed by atoms with Gasteiger partial charge in [0.2, 0.25) is 0 Å². The summed E-state index contributed by atoms with van der Waals surface area (Å²) < 4.78 is 68.8. The van der Waals surface area contributed by atoms with Crippen LogP contribution in [0, 0.1) is 11.8 Å². The molecule has 0 radical (unpaired) electrons. The van der Waals surface area contributed by atoms with Crippen molar-refractivity contribution in [1.29, 1.82) is 0 Å². The molecule has 0 saturated carbocycles. The Hall–Kier alpha value is -1.94. The van der Waals surface area contributed by atoms with Crippen LogP contribution >= 0.6 is 15.6 Å². The molecule has 0 aliphatic heterocycles. The molecule has 3 unspecified atom stereocenters. The minimum atomic E-state index is -4.96. The third-order valence-electron chi connectivity index (χ3n) is 20.3. The molecule has 0 bridgehead atoms. The van der Waals surface area contributed by atoms with Crippen molar-refractivity contribution in [3.63, 3.8) is 0 Å². The lowest BCUT2D eigenvalue weighted by molar-refractivity contribution is -0.161. The van der Waals surface area contributed by atoms with Gasteiger partial charge in [0.1, 0.15) is 19.3 Å². The molecule has 0 heterocycles. The van der Waals surface area contributed by atoms with E-state index in [-0.39, 0.29) is 25.7 Å². The van der Waals surface area contributed by atoms with Gasteiger partial charge in [0.25, 0.3) is 0 Å². The molecule has 0 amide bonds. The maximum atomic E-state index is 13.1. The molecule has 618 valence electrons. The average molecular weight is 1520 g/mol. The zero-order valence-corrected chi connectivity index (χ0v) is 70.1. The van der Waals surface area contributed by atoms with Crippen LogP contribution in [0.15, 0.2) is 0 Å². The number of rotatable bonds is 84. The van der Waals surface area contributed by atoms with Crippen molar-refractivity contribution in [3.8, 4) is 0 Å². The number of esters is 4. The summed E-state index contributed by atoms with van der Waals surface area (Å²) >= 11 is 0. The van der Waals surface area contributed by atoms with Gasteiger partial charge in [-0.05, 0) is 37.5 Å². The minimum Gasteiger partial charge on any atom is -0.462 e. The van der Waals surface area contributed by atoms with E-state index in [1.807, 2.05) is 0 Å². The largest absolute Gasteiger partial charge is 0.472 e. The lowest BCUT2D eigenvalue weighted by Crippen LogP contribution is -2.30. The van der Waals surface area contributed by atoms with E-state index in [1.54, 1.807) is 0 Å². The first-order chi connectivity index (χ1) is 50.4. The summed E-state index contributed by atoms with van der Waals surface area (Å²) in [6.07, 6.45) is 68.2. The molecule has 0 fully saturated rings. The Bertz CT molecular complexity index is 2000. The number of carbonyl (C=O) groups excluding carboxylic acids is 4. The first-order valence-corrected chi connectivity index (χ1v) is 47.0. The first kappa shape index (κ1) is 102. The number of aliphatic hydroxyl groups excluding tert-OH is 1. The van der Waals surface area contributed by atoms with Crippen LogP contribution in [0.5, 0.6) is 0 Å². The van der Waals surface area contributed by atoms with Gasteiger partial charge in [-0.25, -0.2) is 9.13 Å². The fraction of sp³-hybridized carbons (Fsp3) is 0.953. The summed E-state index contributed by atoms with van der Waals surface area (Å²) in [5, 5.41) is 10.7. The van der Waals surface area contributed by atoms with Crippen LogP contribution in [0.1, 0.15) is 452 Å². The van der Waals surface area contributed by atoms with Crippen molar-refractivity contribution < 1.29 is 80.2 Å². The predicted molar refractivity (Wildman–Crippen MR) is 428 cm³/mol. The Kier molecular flexibility index (Phi) is 75.0. The second kappa shape index (κ2) is 76.4. The molecule has 104 heavy (non-hydrogen) atoms. The van der Waals surface area contributed by atoms with Crippen LogP contribution in [0.4, 0.5) is 0 Å². The van der Waals surface area contributed by atoms with Gasteiger partial charge in [0.05, 0.1) is 26.4 Å². The van der Waals surface area contributed by atoms with E-state index in [9.17, 15) is 43.2 Å². The maximum absolute atomic E-state index is 13.1. The number of hydrogen-bond acceptors (Lipinski definition) is 15. The van der Waals surface area contributed by atoms with E-state index in [0.29, 0.717) is 25.7 Å². The summed E-state index contributed by atoms with van der Waals surface area (Å²) in [5.41, 5.74) is 0. The summed E-state index contributed by atoms with van der Waals surface area (Å²) in [5.74, 6) is -0.471. The van der Waals surface area contributed by atoms with Gasteiger partial charge in [0.15, 0.2) is 12.2 Å². The molecule has 0 spiro atoms. The zero-order valence-electron chi connectivity index (χ0n) is 68.3. The standard InChI is InChI=1S/C85H166O17P2/c1-7-10-12-14-16-18-19-20-21-22-23-24-28-31-34-39-44-50-56-62-68-83(88)96-74-81(102-84(89)69-63-57-51-45-40-35-32-29-26-25-27-30-33-38-43-48-54-60-66-78(6)9-3)76-100-104(93,94)98-72-79(86)71-97-103(91,92)99-75-80(73-95-82(87)67-61-55-49-17-15-13-11-8-2)101-85(90)70-64-58-52-46-41-36-37-42-47-53-59-65-77(4)5/h77-81,86H,7-76H2,1-6H3,(H,91,92)(H,93,94)/t78?,79-,80+,81+/m0/s1. The lowest BCUT2D eigenvalue weighted by atomic mass is 9.99. The third-order valence-corrected chi connectivity index (χ3v) is 22.2. The number of unbranched alkanes of at least 4 members (excludes halogenated alkanes) is 53. The van der Waals surface area contributed by atoms with Crippen molar-refractivity contribution in [2.45, 2.75) is 471 Å². The second-order valence-electron chi connectivity index (χ2n) is 31.3. The number of carbonyl (C=O) groups is 4. The highest BCUT2D eigenvalue weighted by atomic mass is 31.2. The highest BCUT2D eigenvalue weighted by molar-refractivity contribution is 7.47. The molecule has 17 nitrogen and oxygen atoms in total. The van der Waals surface area contributed by atoms with Crippen molar-refractivity contribution in [2.24, 2.45) is 11.8 Å². The van der Waals surface area contributed by atoms with Crippen LogP contribution in [-0.2, 0) is 65.4 Å². The lowest BCUT2D eigenvalue weighted by Gasteiger charge is -2.21. The minimum absolute atomic E-state index is 0.107. The van der Waals surface area contributed by atoms with E-state index < -0.39 is 97.5 Å². The highest BCUT2D eigenvalue weighted by Gasteiger charge is 2.30. The van der Waals surface area contributed by atoms with Crippen molar-refractivity contribution in [2.75, 3.05) is 39.6 Å². The highest BCUT2D eigenvalue weighted by Crippen LogP contribution is 2.45. The summed E-state index contributed by atoms with van der Waals surface area (Å²) in [4.78, 5) is 73.0. The second-order valence-corrected chi connectivity index (χ2v) is 34.2. The van der Waals surface area contributed by atoms with Gasteiger partial charge in [-0.15, -0.1) is 0 Å². The maximum Gasteiger partial charge on any atom is 0.472 e. The van der Waals surface area contributed by atoms with Gasteiger partial charge in [-0.1, -0.05) is 401 Å². The number of ether oxygens (including phenoxy) is 4. The van der Waals surface area contributed by atoms with Gasteiger partial charge in [-0.2, -0.15) is 0 Å². The molecule has 0 aromatic carbocycles. The Labute approximate surface area is 638 Å². The molecule has 0 aromatic rings. The Morgan fingerprint density at radius 3 is 0.731 bits per heavy atom. The molecular weight excluding hydrogens is 1350 g/mol. The van der Waals surface area contributed by atoms with E-state index in [1.165, 1.54) is 263 Å². The van der Waals surface area contributed by atoms with Crippen LogP contribution < -0.4 is 0 Å². The summed E-state index contributed by atoms with van der Waals surface area (Å²) in [6, 6.07) is 0. The Morgan fingerprint density at radius 1 is 0.279 bits per heavy atom. The van der Waals surface area contributed by atoms with Gasteiger partial charge in [0, 0.05) is 25.7 Å². The average Bonchev–Trinajstić information content (AvgIpc) is 0.916. The third kappa shape index (κ3) is 76.8. The quantitative estimate of drug-likeness (QED) is 0.0222. The number of phosphoric acid groups is 2. The zero-order chi connectivity index (χ0) is 76.4. The molecule has 0 aliphatic rings. The molecule has 0 aromatic heterocycles. The van der Waals surface area contributed by atoms with E-state index in [0.717, 1.165) is 108 Å². The van der Waals surface area contributed by atoms with E-state index in [2.05, 4.69) is 41.5 Å². The molecule has 0 saturated heterocycles. The van der Waals surface area contributed by atoms with Crippen molar-refractivity contribution >= 4 is 39.5 Å². The number of phosphoric ester groups is 2. The van der Waals surface area contributed by atoms with Gasteiger partial charge < -0.3 is 33.8 Å². The van der Waals surface area contributed by atoms with Gasteiger partial charge in [-0.3, -0.25) is 37.3 Å². The SMILES string of the molecule is CCCCCCCCCCCCCCCCCCCCCCC(=O)OC[C@H](COP(=O)(O)OC[C@@H](O)COP(=O)(O)OC[C@@H](COC(=O)CCCCCCCCCC)OC(=O)CCCCCCCCCCCCCC(C)C)OC(=O)CCCCCCCCCCCCCCCCCCCCC(C)CC. The summed E-state index contributed by atoms with van der Waals surface area (Å²) in [7, 11) is -9.92. The fourth-order valence-electron chi connectivity index (χ4n) is 13.2. The summed E-state index contributed by atoms with van der Waals surface area (Å²) in [6.45, 7) is 9.70. The van der Waals surface area contributed by atoms with Gasteiger partial charge >= 0.3 is 39.5 Å². The molecule has 3 N–H and O–H groups in total. The van der Waals surface area contributed by atoms with Crippen LogP contribution in [0.3, 0.4) is 0 Å². The molecule has 0 rings (SSSR count). The number of hydrogen-bond donors (Lipinski definition) is 3. The van der Waals surface area contributed by atoms with E-state index in [4.69, 9.17) is 37.0 Å². The van der Waals surface area contributed by atoms with E-state index >= 15 is 0 Å². The monoisotopic (exact) mass is 1520 g/mol. The Morgan fingerprint density at radius 2 is 0.490 bits per heavy atom. The predicted octanol–water partition coefficient (Wildman–Crippen LogP) is 25.8. The van der Waals surface area contributed by atoms with Crippen LogP contribution in [-0.4, -0.2) is 96.7 Å². The molecule has 19 heteroatoms. The fourth-order valence-corrected chi connectivity index (χ4v) is 14.8. The molecule has 0 aliphatic carbocycles. The topological polar surface area (TPSA) is 237 Å². The molecule has 6 atom stereocenters. The normalized spacial score (nSPS) is 14.1. The number of aliphatic hydroxyl groups is 1. The van der Waals surface area contributed by atoms with Crippen molar-refractivity contribution in [3.05, 3.63) is 0 Å². The van der Waals surface area contributed by atoms with Crippen LogP contribution in [0.25, 0.3) is 0 Å². The first-order valence-electron chi connectivity index (χ1n) is 44.0. The van der Waals surface area contributed by atoms with Crippen molar-refractivity contribution in [1.82, 2.24) is 0 Å². The smallest absolute Gasteiger partial charge is 0.462 e. The van der Waals surface area contributed by atoms with Crippen LogP contribution in [0.2, 0.25) is 0 Å². The Balaban J connectivity index is 5.18.